The Bertz CT molecular complexity index is 1840. The van der Waals surface area contributed by atoms with E-state index >= 15 is 0 Å². The van der Waals surface area contributed by atoms with E-state index in [1.807, 2.05) is 18.2 Å². The minimum atomic E-state index is -0.810. The third-order valence-electron chi connectivity index (χ3n) is 10.2. The average molecular weight is 677 g/mol. The molecule has 2 aliphatic carbocycles. The van der Waals surface area contributed by atoms with E-state index in [9.17, 15) is 4.79 Å². The number of methoxy groups -OCH3 is 2. The van der Waals surface area contributed by atoms with Gasteiger partial charge in [0.25, 0.3) is 0 Å². The van der Waals surface area contributed by atoms with E-state index in [1.165, 1.54) is 12.8 Å². The zero-order valence-corrected chi connectivity index (χ0v) is 29.2. The predicted octanol–water partition coefficient (Wildman–Crippen LogP) is 7.08. The second kappa shape index (κ2) is 13.5. The topological polar surface area (TPSA) is 88.3 Å². The Morgan fingerprint density at radius 1 is 0.740 bits per heavy atom. The van der Waals surface area contributed by atoms with Crippen molar-refractivity contribution >= 4 is 5.97 Å². The molecule has 8 heteroatoms. The van der Waals surface area contributed by atoms with Gasteiger partial charge in [0.15, 0.2) is 0 Å². The van der Waals surface area contributed by atoms with Crippen molar-refractivity contribution in [2.75, 3.05) is 47.3 Å². The van der Waals surface area contributed by atoms with Gasteiger partial charge in [0.2, 0.25) is 0 Å². The van der Waals surface area contributed by atoms with Crippen molar-refractivity contribution in [1.82, 2.24) is 0 Å². The molecule has 3 atom stereocenters. The van der Waals surface area contributed by atoms with Gasteiger partial charge in [0, 0.05) is 30.9 Å². The second-order valence-electron chi connectivity index (χ2n) is 14.0. The molecule has 8 rings (SSSR count). The van der Waals surface area contributed by atoms with E-state index < -0.39 is 5.41 Å². The van der Waals surface area contributed by atoms with Crippen LogP contribution >= 0.6 is 0 Å². The smallest absolute Gasteiger partial charge is 0.338 e. The first-order valence-corrected chi connectivity index (χ1v) is 17.6. The average Bonchev–Trinajstić information content (AvgIpc) is 3.97. The summed E-state index contributed by atoms with van der Waals surface area (Å²) in [5.74, 6) is 1.95. The van der Waals surface area contributed by atoms with Crippen molar-refractivity contribution in [3.8, 4) is 22.6 Å². The van der Waals surface area contributed by atoms with Crippen LogP contribution in [-0.4, -0.2) is 65.4 Å². The van der Waals surface area contributed by atoms with Gasteiger partial charge >= 0.3 is 5.97 Å². The third-order valence-corrected chi connectivity index (χ3v) is 10.2. The van der Waals surface area contributed by atoms with Crippen molar-refractivity contribution in [3.63, 3.8) is 0 Å². The number of epoxide rings is 2. The molecule has 4 aliphatic rings. The lowest BCUT2D eigenvalue weighted by Crippen LogP contribution is -2.30. The maximum absolute atomic E-state index is 13.8. The van der Waals surface area contributed by atoms with Gasteiger partial charge in [-0.05, 0) is 89.8 Å². The highest BCUT2D eigenvalue weighted by Crippen LogP contribution is 2.58. The molecule has 0 N–H and O–H groups in total. The van der Waals surface area contributed by atoms with Gasteiger partial charge in [-0.3, -0.25) is 0 Å². The van der Waals surface area contributed by atoms with E-state index in [-0.39, 0.29) is 24.8 Å². The lowest BCUT2D eigenvalue weighted by molar-refractivity contribution is 0.0477. The van der Waals surface area contributed by atoms with Crippen LogP contribution in [0.3, 0.4) is 0 Å². The SMILES string of the molecule is COCc1cc(C2(c3cc(C)c(OCC4CO4)c(COC)c3)c3ccccc3-c3c(C(=O)OCC4CO4)cccc32)cc(C)c1OCC1CC1. The summed E-state index contributed by atoms with van der Waals surface area (Å²) in [5, 5.41) is 0. The Hall–Kier alpha value is -4.21. The molecule has 0 radical (unpaired) electrons. The van der Waals surface area contributed by atoms with Crippen LogP contribution < -0.4 is 9.47 Å². The summed E-state index contributed by atoms with van der Waals surface area (Å²) in [4.78, 5) is 13.8. The Labute approximate surface area is 293 Å². The molecular weight excluding hydrogens is 632 g/mol. The van der Waals surface area contributed by atoms with Gasteiger partial charge in [0.05, 0.1) is 44.0 Å². The number of ether oxygens (including phenoxy) is 7. The standard InChI is InChI=1S/C42H44O8/c1-25-14-30(16-28(19-44-3)39(25)48-18-27-12-13-27)42(31-15-26(2)40(29(17-31)20-45-4)49-23-32-21-46-32)36-10-6-5-8-34(36)38-35(9-7-11-37(38)42)41(43)50-24-33-22-47-33/h5-11,14-17,27,32-33H,12-13,18-24H2,1-4H3. The molecule has 3 fully saturated rings. The van der Waals surface area contributed by atoms with Gasteiger partial charge in [-0.1, -0.05) is 48.5 Å². The lowest BCUT2D eigenvalue weighted by atomic mass is 9.66. The van der Waals surface area contributed by atoms with Gasteiger partial charge in [-0.2, -0.15) is 0 Å². The fourth-order valence-corrected chi connectivity index (χ4v) is 7.59. The summed E-state index contributed by atoms with van der Waals surface area (Å²) in [6, 6.07) is 23.3. The lowest BCUT2D eigenvalue weighted by Gasteiger charge is -2.36. The Kier molecular flexibility index (Phi) is 8.89. The summed E-state index contributed by atoms with van der Waals surface area (Å²) in [6.07, 6.45) is 2.52. The first kappa shape index (κ1) is 33.0. The van der Waals surface area contributed by atoms with E-state index in [1.54, 1.807) is 14.2 Å². The van der Waals surface area contributed by atoms with Crippen LogP contribution in [0.2, 0.25) is 0 Å². The van der Waals surface area contributed by atoms with Crippen molar-refractivity contribution < 1.29 is 38.0 Å². The number of hydrogen-bond donors (Lipinski definition) is 0. The van der Waals surface area contributed by atoms with Gasteiger partial charge in [-0.15, -0.1) is 0 Å². The van der Waals surface area contributed by atoms with E-state index in [4.69, 9.17) is 33.2 Å². The van der Waals surface area contributed by atoms with Gasteiger partial charge < -0.3 is 33.2 Å². The highest BCUT2D eigenvalue weighted by atomic mass is 16.6. The molecule has 2 saturated heterocycles. The van der Waals surface area contributed by atoms with Crippen molar-refractivity contribution in [2.24, 2.45) is 5.92 Å². The van der Waals surface area contributed by atoms with Crippen molar-refractivity contribution in [3.05, 3.63) is 117 Å². The minimum absolute atomic E-state index is 0.0284. The van der Waals surface area contributed by atoms with Crippen LogP contribution in [0, 0.1) is 19.8 Å². The number of esters is 1. The first-order chi connectivity index (χ1) is 24.4. The second-order valence-corrected chi connectivity index (χ2v) is 14.0. The van der Waals surface area contributed by atoms with Crippen LogP contribution in [-0.2, 0) is 42.3 Å². The monoisotopic (exact) mass is 676 g/mol. The Morgan fingerprint density at radius 2 is 1.32 bits per heavy atom. The number of benzene rings is 4. The van der Waals surface area contributed by atoms with Gasteiger partial charge in [0.1, 0.15) is 36.9 Å². The van der Waals surface area contributed by atoms with Crippen LogP contribution in [0.4, 0.5) is 0 Å². The maximum atomic E-state index is 13.8. The highest BCUT2D eigenvalue weighted by Gasteiger charge is 2.48. The molecule has 0 bridgehead atoms. The molecule has 2 heterocycles. The molecule has 8 nitrogen and oxygen atoms in total. The predicted molar refractivity (Wildman–Crippen MR) is 188 cm³/mol. The summed E-state index contributed by atoms with van der Waals surface area (Å²) in [5.41, 5.74) is 9.78. The zero-order valence-electron chi connectivity index (χ0n) is 29.2. The first-order valence-electron chi connectivity index (χ1n) is 17.6. The van der Waals surface area contributed by atoms with Crippen molar-refractivity contribution in [2.45, 2.75) is 57.5 Å². The minimum Gasteiger partial charge on any atom is -0.493 e. The van der Waals surface area contributed by atoms with Crippen LogP contribution in [0.25, 0.3) is 11.1 Å². The molecule has 3 unspecified atom stereocenters. The number of fused-ring (bicyclic) bond motifs is 3. The molecule has 0 amide bonds. The molecular formula is C42H44O8. The molecule has 0 aromatic heterocycles. The van der Waals surface area contributed by atoms with E-state index in [0.29, 0.717) is 44.5 Å². The van der Waals surface area contributed by atoms with Crippen molar-refractivity contribution in [1.29, 1.82) is 0 Å². The highest BCUT2D eigenvalue weighted by molar-refractivity contribution is 6.02. The molecule has 2 aliphatic heterocycles. The van der Waals surface area contributed by atoms with Gasteiger partial charge in [-0.25, -0.2) is 4.79 Å². The largest absolute Gasteiger partial charge is 0.493 e. The van der Waals surface area contributed by atoms with Crippen LogP contribution in [0.15, 0.2) is 66.7 Å². The number of aryl methyl sites for hydroxylation is 2. The molecule has 50 heavy (non-hydrogen) atoms. The maximum Gasteiger partial charge on any atom is 0.338 e. The summed E-state index contributed by atoms with van der Waals surface area (Å²) in [6.45, 7) is 7.76. The van der Waals surface area contributed by atoms with Crippen LogP contribution in [0.5, 0.6) is 11.5 Å². The summed E-state index contributed by atoms with van der Waals surface area (Å²) < 4.78 is 41.0. The number of hydrogen-bond acceptors (Lipinski definition) is 8. The summed E-state index contributed by atoms with van der Waals surface area (Å²) in [7, 11) is 3.43. The fraction of sp³-hybridized carbons (Fsp3) is 0.405. The quantitative estimate of drug-likeness (QED) is 0.0859. The number of carbonyl (C=O) groups excluding carboxylic acids is 1. The number of rotatable bonds is 15. The molecule has 0 spiro atoms. The van der Waals surface area contributed by atoms with Crippen LogP contribution in [0.1, 0.15) is 67.7 Å². The van der Waals surface area contributed by atoms with E-state index in [2.05, 4.69) is 62.4 Å². The number of carbonyl (C=O) groups is 1. The fourth-order valence-electron chi connectivity index (χ4n) is 7.59. The normalized spacial score (nSPS) is 21.4. The molecule has 1 saturated carbocycles. The Balaban J connectivity index is 1.38. The summed E-state index contributed by atoms with van der Waals surface area (Å²) >= 11 is 0. The third kappa shape index (κ3) is 6.08. The Morgan fingerprint density at radius 3 is 1.92 bits per heavy atom. The molecule has 4 aromatic carbocycles. The molecule has 4 aromatic rings. The molecule has 260 valence electrons. The van der Waals surface area contributed by atoms with E-state index in [0.717, 1.165) is 73.7 Å². The zero-order chi connectivity index (χ0) is 34.4.